The van der Waals surface area contributed by atoms with Crippen LogP contribution in [-0.4, -0.2) is 22.8 Å². The Hall–Kier alpha value is -2.64. The molecule has 0 aliphatic carbocycles. The van der Waals surface area contributed by atoms with Crippen LogP contribution in [0.15, 0.2) is 53.6 Å². The van der Waals surface area contributed by atoms with E-state index in [1.54, 1.807) is 24.3 Å². The second-order valence-corrected chi connectivity index (χ2v) is 6.90. The van der Waals surface area contributed by atoms with Crippen LogP contribution in [-0.2, 0) is 19.1 Å². The molecule has 2 heterocycles. The molecule has 6 nitrogen and oxygen atoms in total. The third-order valence-corrected chi connectivity index (χ3v) is 4.44. The predicted molar refractivity (Wildman–Crippen MR) is 92.8 cm³/mol. The average Bonchev–Trinajstić information content (AvgIpc) is 3.07. The topological polar surface area (TPSA) is 84.9 Å². The van der Waals surface area contributed by atoms with Gasteiger partial charge in [-0.15, -0.1) is 11.3 Å². The van der Waals surface area contributed by atoms with E-state index in [9.17, 15) is 14.7 Å². The van der Waals surface area contributed by atoms with Gasteiger partial charge in [0.1, 0.15) is 6.10 Å². The van der Waals surface area contributed by atoms with E-state index in [2.05, 4.69) is 5.32 Å². The fraction of sp³-hybridized carbons (Fsp3) is 0.222. The molecular formula is C18H17NO5S. The molecule has 0 spiro atoms. The number of anilines is 1. The Bertz CT molecular complexity index is 804. The number of hydrogen-bond acceptors (Lipinski definition) is 7. The van der Waals surface area contributed by atoms with E-state index in [-0.39, 0.29) is 5.57 Å². The van der Waals surface area contributed by atoms with Gasteiger partial charge in [0, 0.05) is 30.6 Å². The number of carbonyl (C=O) groups excluding carboxylic acids is 2. The number of cyclic esters (lactones) is 2. The lowest BCUT2D eigenvalue weighted by Gasteiger charge is -2.29. The maximum absolute atomic E-state index is 11.9. The van der Waals surface area contributed by atoms with E-state index in [1.165, 1.54) is 31.4 Å². The molecule has 130 valence electrons. The number of aliphatic hydroxyl groups is 1. The number of carbonyl (C=O) groups is 2. The summed E-state index contributed by atoms with van der Waals surface area (Å²) in [5.41, 5.74) is 1.09. The Labute approximate surface area is 148 Å². The van der Waals surface area contributed by atoms with E-state index >= 15 is 0 Å². The first-order valence-corrected chi connectivity index (χ1v) is 8.48. The molecule has 0 amide bonds. The van der Waals surface area contributed by atoms with Gasteiger partial charge in [-0.1, -0.05) is 18.2 Å². The Kier molecular flexibility index (Phi) is 4.61. The molecule has 1 atom stereocenters. The van der Waals surface area contributed by atoms with Crippen molar-refractivity contribution in [3.63, 3.8) is 0 Å². The summed E-state index contributed by atoms with van der Waals surface area (Å²) in [7, 11) is 0. The van der Waals surface area contributed by atoms with Gasteiger partial charge < -0.3 is 19.9 Å². The largest absolute Gasteiger partial charge is 0.419 e. The van der Waals surface area contributed by atoms with Crippen molar-refractivity contribution in [2.24, 2.45) is 0 Å². The van der Waals surface area contributed by atoms with Gasteiger partial charge in [0.05, 0.1) is 0 Å². The number of thiophene rings is 1. The zero-order chi connectivity index (χ0) is 18.0. The van der Waals surface area contributed by atoms with Crippen molar-refractivity contribution < 1.29 is 24.2 Å². The minimum absolute atomic E-state index is 0.219. The molecule has 25 heavy (non-hydrogen) atoms. The Morgan fingerprint density at radius 3 is 2.52 bits per heavy atom. The molecular weight excluding hydrogens is 342 g/mol. The first-order chi connectivity index (χ1) is 11.9. The molecule has 3 rings (SSSR count). The number of ether oxygens (including phenoxy) is 2. The van der Waals surface area contributed by atoms with Crippen molar-refractivity contribution in [1.82, 2.24) is 0 Å². The van der Waals surface area contributed by atoms with Crippen molar-refractivity contribution in [2.45, 2.75) is 25.7 Å². The van der Waals surface area contributed by atoms with Crippen LogP contribution in [0.3, 0.4) is 0 Å². The molecule has 0 saturated carbocycles. The van der Waals surface area contributed by atoms with Crippen LogP contribution in [0.2, 0.25) is 0 Å². The summed E-state index contributed by atoms with van der Waals surface area (Å²) in [6.07, 6.45) is 0.510. The maximum atomic E-state index is 11.9. The van der Waals surface area contributed by atoms with Crippen LogP contribution in [0.4, 0.5) is 5.69 Å². The molecule has 7 heteroatoms. The molecule has 0 radical (unpaired) electrons. The van der Waals surface area contributed by atoms with Gasteiger partial charge in [-0.05, 0) is 29.1 Å². The number of nitrogens with one attached hydrogen (secondary N) is 1. The van der Waals surface area contributed by atoms with Crippen molar-refractivity contribution in [3.8, 4) is 0 Å². The van der Waals surface area contributed by atoms with E-state index in [0.29, 0.717) is 11.3 Å². The summed E-state index contributed by atoms with van der Waals surface area (Å²) in [5.74, 6) is -2.76. The lowest BCUT2D eigenvalue weighted by atomic mass is 10.1. The summed E-state index contributed by atoms with van der Waals surface area (Å²) < 4.78 is 10.1. The first-order valence-electron chi connectivity index (χ1n) is 7.60. The van der Waals surface area contributed by atoms with E-state index < -0.39 is 23.8 Å². The van der Waals surface area contributed by atoms with Gasteiger partial charge in [-0.25, -0.2) is 9.59 Å². The molecule has 1 aliphatic heterocycles. The van der Waals surface area contributed by atoms with E-state index in [4.69, 9.17) is 9.47 Å². The smallest absolute Gasteiger partial charge is 0.350 e. The lowest BCUT2D eigenvalue weighted by Crippen LogP contribution is -2.42. The van der Waals surface area contributed by atoms with Crippen molar-refractivity contribution in [1.29, 1.82) is 0 Å². The molecule has 1 aromatic carbocycles. The summed E-state index contributed by atoms with van der Waals surface area (Å²) in [6, 6.07) is 10.8. The van der Waals surface area contributed by atoms with Gasteiger partial charge in [0.25, 0.3) is 5.79 Å². The predicted octanol–water partition coefficient (Wildman–Crippen LogP) is 2.96. The zero-order valence-electron chi connectivity index (χ0n) is 13.7. The van der Waals surface area contributed by atoms with Crippen molar-refractivity contribution >= 4 is 29.0 Å². The van der Waals surface area contributed by atoms with Gasteiger partial charge in [-0.3, -0.25) is 0 Å². The van der Waals surface area contributed by atoms with Crippen LogP contribution in [0.5, 0.6) is 0 Å². The Balaban J connectivity index is 1.77. The summed E-state index contributed by atoms with van der Waals surface area (Å²) >= 11 is 1.46. The van der Waals surface area contributed by atoms with Crippen LogP contribution >= 0.6 is 11.3 Å². The number of hydrogen-bond donors (Lipinski definition) is 2. The van der Waals surface area contributed by atoms with Gasteiger partial charge in [0.15, 0.2) is 5.57 Å². The highest BCUT2D eigenvalue weighted by atomic mass is 32.1. The molecule has 1 saturated heterocycles. The van der Waals surface area contributed by atoms with E-state index in [1.807, 2.05) is 17.5 Å². The molecule has 1 unspecified atom stereocenters. The molecule has 1 aliphatic rings. The summed E-state index contributed by atoms with van der Waals surface area (Å²) in [5, 5.41) is 15.2. The molecule has 2 N–H and O–H groups in total. The minimum Gasteiger partial charge on any atom is -0.419 e. The molecule has 0 bridgehead atoms. The van der Waals surface area contributed by atoms with E-state index in [0.717, 1.165) is 4.88 Å². The van der Waals surface area contributed by atoms with Crippen LogP contribution in [0.1, 0.15) is 30.4 Å². The quantitative estimate of drug-likeness (QED) is 0.496. The van der Waals surface area contributed by atoms with Gasteiger partial charge >= 0.3 is 11.9 Å². The standard InChI is InChI=1S/C18H17NO5S/c1-18(2)23-16(21)13(17(22)24-18)10-19-12-6-3-5-11(9-12)15(20)14-7-4-8-25-14/h3-10,15,19-20H,1-2H3. The summed E-state index contributed by atoms with van der Waals surface area (Å²) in [4.78, 5) is 24.6. The lowest BCUT2D eigenvalue weighted by molar-refractivity contribution is -0.222. The average molecular weight is 359 g/mol. The Morgan fingerprint density at radius 2 is 1.88 bits per heavy atom. The third kappa shape index (κ3) is 3.89. The fourth-order valence-electron chi connectivity index (χ4n) is 2.34. The highest BCUT2D eigenvalue weighted by molar-refractivity contribution is 7.10. The maximum Gasteiger partial charge on any atom is 0.350 e. The second-order valence-electron chi connectivity index (χ2n) is 5.92. The minimum atomic E-state index is -1.27. The highest BCUT2D eigenvalue weighted by Crippen LogP contribution is 2.28. The number of benzene rings is 1. The normalized spacial score (nSPS) is 17.5. The summed E-state index contributed by atoms with van der Waals surface area (Å²) in [6.45, 7) is 2.98. The highest BCUT2D eigenvalue weighted by Gasteiger charge is 2.38. The number of rotatable bonds is 4. The monoisotopic (exact) mass is 359 g/mol. The molecule has 1 fully saturated rings. The fourth-order valence-corrected chi connectivity index (χ4v) is 3.08. The number of esters is 2. The number of aliphatic hydroxyl groups excluding tert-OH is 1. The van der Waals surface area contributed by atoms with Gasteiger partial charge in [-0.2, -0.15) is 0 Å². The molecule has 2 aromatic rings. The van der Waals surface area contributed by atoms with Crippen molar-refractivity contribution in [3.05, 3.63) is 64.0 Å². The Morgan fingerprint density at radius 1 is 1.16 bits per heavy atom. The SMILES string of the molecule is CC1(C)OC(=O)C(=CNc2cccc(C(O)c3cccs3)c2)C(=O)O1. The van der Waals surface area contributed by atoms with Crippen molar-refractivity contribution in [2.75, 3.05) is 5.32 Å². The van der Waals surface area contributed by atoms with Crippen LogP contribution in [0.25, 0.3) is 0 Å². The van der Waals surface area contributed by atoms with Gasteiger partial charge in [0.2, 0.25) is 0 Å². The first kappa shape index (κ1) is 17.2. The second kappa shape index (κ2) is 6.70. The third-order valence-electron chi connectivity index (χ3n) is 3.52. The molecule has 1 aromatic heterocycles. The van der Waals surface area contributed by atoms with Crippen LogP contribution < -0.4 is 5.32 Å². The zero-order valence-corrected chi connectivity index (χ0v) is 14.5. The van der Waals surface area contributed by atoms with Crippen LogP contribution in [0, 0.1) is 0 Å².